The average molecular weight is 307 g/mol. The third-order valence-corrected chi connectivity index (χ3v) is 4.78. The average Bonchev–Trinajstić information content (AvgIpc) is 2.51. The number of rotatable bonds is 7. The molecule has 1 amide bonds. The summed E-state index contributed by atoms with van der Waals surface area (Å²) in [4.78, 5) is 25.2. The first-order valence-electron chi connectivity index (χ1n) is 6.65. The molecule has 0 aliphatic carbocycles. The van der Waals surface area contributed by atoms with Gasteiger partial charge in [0.15, 0.2) is 0 Å². The topological polar surface area (TPSA) is 63.7 Å². The second kappa shape index (κ2) is 7.17. The van der Waals surface area contributed by atoms with Crippen LogP contribution >= 0.6 is 0 Å². The van der Waals surface area contributed by atoms with Gasteiger partial charge in [0.2, 0.25) is 5.91 Å². The molecular formula is C15H17NO4S. The molecule has 112 valence electrons. The van der Waals surface area contributed by atoms with Gasteiger partial charge >= 0.3 is 5.97 Å². The van der Waals surface area contributed by atoms with Crippen molar-refractivity contribution >= 4 is 22.7 Å². The maximum Gasteiger partial charge on any atom is 0.325 e. The largest absolute Gasteiger partial charge is 0.464 e. The van der Waals surface area contributed by atoms with Gasteiger partial charge in [-0.1, -0.05) is 24.3 Å². The number of ether oxygens (including phenoxy) is 1. The fraction of sp³-hybridized carbons (Fsp3) is 0.333. The van der Waals surface area contributed by atoms with Gasteiger partial charge in [0.1, 0.15) is 11.9 Å². The van der Waals surface area contributed by atoms with Crippen LogP contribution in [0.3, 0.4) is 0 Å². The van der Waals surface area contributed by atoms with E-state index in [2.05, 4.69) is 6.58 Å². The Kier molecular flexibility index (Phi) is 5.27. The number of hydrogen-bond donors (Lipinski definition) is 0. The van der Waals surface area contributed by atoms with E-state index in [1.54, 1.807) is 30.3 Å². The van der Waals surface area contributed by atoms with Crippen LogP contribution in [0.15, 0.2) is 47.9 Å². The lowest BCUT2D eigenvalue weighted by Crippen LogP contribution is -2.56. The number of nitrogens with zero attached hydrogens (tertiary/aromatic N) is 1. The number of carbonyl (C=O) groups is 2. The SMILES string of the molecule is C=CCCOC(=O)CN1C(=O)CC1S(=O)c1ccccc1. The highest BCUT2D eigenvalue weighted by Crippen LogP contribution is 2.26. The van der Waals surface area contributed by atoms with Crippen LogP contribution in [0.4, 0.5) is 0 Å². The fourth-order valence-corrected chi connectivity index (χ4v) is 3.42. The molecule has 0 saturated carbocycles. The van der Waals surface area contributed by atoms with Gasteiger partial charge in [-0.3, -0.25) is 13.8 Å². The zero-order chi connectivity index (χ0) is 15.2. The van der Waals surface area contributed by atoms with Crippen molar-refractivity contribution in [1.29, 1.82) is 0 Å². The number of likely N-dealkylation sites (tertiary alicyclic amines) is 1. The lowest BCUT2D eigenvalue weighted by Gasteiger charge is -2.38. The highest BCUT2D eigenvalue weighted by atomic mass is 32.2. The van der Waals surface area contributed by atoms with Gasteiger partial charge in [-0.05, 0) is 18.6 Å². The summed E-state index contributed by atoms with van der Waals surface area (Å²) in [5.41, 5.74) is 0. The first kappa shape index (κ1) is 15.4. The van der Waals surface area contributed by atoms with Crippen LogP contribution in [0.5, 0.6) is 0 Å². The van der Waals surface area contributed by atoms with Crippen molar-refractivity contribution in [2.45, 2.75) is 23.1 Å². The molecule has 1 aliphatic heterocycles. The minimum atomic E-state index is -1.33. The second-order valence-electron chi connectivity index (χ2n) is 4.59. The van der Waals surface area contributed by atoms with Gasteiger partial charge in [0, 0.05) is 4.90 Å². The number of amides is 1. The van der Waals surface area contributed by atoms with Crippen molar-refractivity contribution in [1.82, 2.24) is 4.90 Å². The molecule has 0 N–H and O–H groups in total. The van der Waals surface area contributed by atoms with Gasteiger partial charge in [-0.25, -0.2) is 0 Å². The van der Waals surface area contributed by atoms with E-state index >= 15 is 0 Å². The highest BCUT2D eigenvalue weighted by molar-refractivity contribution is 7.85. The van der Waals surface area contributed by atoms with E-state index in [0.29, 0.717) is 11.3 Å². The van der Waals surface area contributed by atoms with Gasteiger partial charge in [-0.2, -0.15) is 0 Å². The molecule has 5 nitrogen and oxygen atoms in total. The van der Waals surface area contributed by atoms with Crippen LogP contribution in [0.2, 0.25) is 0 Å². The van der Waals surface area contributed by atoms with Crippen molar-refractivity contribution in [2.75, 3.05) is 13.2 Å². The maximum absolute atomic E-state index is 12.4. The van der Waals surface area contributed by atoms with Gasteiger partial charge in [0.05, 0.1) is 23.8 Å². The van der Waals surface area contributed by atoms with Crippen molar-refractivity contribution < 1.29 is 18.5 Å². The minimum Gasteiger partial charge on any atom is -0.464 e. The van der Waals surface area contributed by atoms with Gasteiger partial charge < -0.3 is 9.64 Å². The summed E-state index contributed by atoms with van der Waals surface area (Å²) in [6.07, 6.45) is 2.41. The molecule has 1 heterocycles. The summed E-state index contributed by atoms with van der Waals surface area (Å²) in [5.74, 6) is -0.662. The number of hydrogen-bond acceptors (Lipinski definition) is 4. The summed E-state index contributed by atoms with van der Waals surface area (Å²) in [5, 5.41) is -0.452. The molecule has 1 aliphatic rings. The molecule has 2 unspecified atom stereocenters. The predicted molar refractivity (Wildman–Crippen MR) is 78.7 cm³/mol. The molecule has 1 saturated heterocycles. The second-order valence-corrected chi connectivity index (χ2v) is 6.20. The van der Waals surface area contributed by atoms with E-state index in [9.17, 15) is 13.8 Å². The summed E-state index contributed by atoms with van der Waals surface area (Å²) < 4.78 is 17.3. The quantitative estimate of drug-likeness (QED) is 0.331. The molecule has 21 heavy (non-hydrogen) atoms. The summed E-state index contributed by atoms with van der Waals surface area (Å²) in [6, 6.07) is 8.92. The summed E-state index contributed by atoms with van der Waals surface area (Å²) in [7, 11) is -1.33. The van der Waals surface area contributed by atoms with Crippen LogP contribution < -0.4 is 0 Å². The molecule has 6 heteroatoms. The molecule has 2 rings (SSSR count). The molecule has 0 spiro atoms. The van der Waals surface area contributed by atoms with Crippen LogP contribution in [0, 0.1) is 0 Å². The van der Waals surface area contributed by atoms with E-state index < -0.39 is 22.1 Å². The number of carbonyl (C=O) groups excluding carboxylic acids is 2. The Bertz CT molecular complexity index is 558. The van der Waals surface area contributed by atoms with E-state index in [1.165, 1.54) is 4.90 Å². The molecule has 0 radical (unpaired) electrons. The normalized spacial score (nSPS) is 18.8. The van der Waals surface area contributed by atoms with Crippen molar-refractivity contribution in [3.8, 4) is 0 Å². The lowest BCUT2D eigenvalue weighted by molar-refractivity contribution is -0.154. The van der Waals surface area contributed by atoms with Crippen molar-refractivity contribution in [2.24, 2.45) is 0 Å². The van der Waals surface area contributed by atoms with E-state index in [-0.39, 0.29) is 25.5 Å². The Labute approximate surface area is 126 Å². The summed E-state index contributed by atoms with van der Waals surface area (Å²) in [6.45, 7) is 3.62. The van der Waals surface area contributed by atoms with Crippen LogP contribution in [0.25, 0.3) is 0 Å². The predicted octanol–water partition coefficient (Wildman–Crippen LogP) is 1.47. The fourth-order valence-electron chi connectivity index (χ4n) is 1.96. The Hall–Kier alpha value is -1.95. The van der Waals surface area contributed by atoms with E-state index in [4.69, 9.17) is 4.74 Å². The Morgan fingerprint density at radius 3 is 2.76 bits per heavy atom. The lowest BCUT2D eigenvalue weighted by atomic mass is 10.2. The van der Waals surface area contributed by atoms with Crippen molar-refractivity contribution in [3.05, 3.63) is 43.0 Å². The van der Waals surface area contributed by atoms with E-state index in [0.717, 1.165) is 0 Å². The molecule has 1 fully saturated rings. The Morgan fingerprint density at radius 2 is 2.14 bits per heavy atom. The highest BCUT2D eigenvalue weighted by Gasteiger charge is 2.41. The monoisotopic (exact) mass is 307 g/mol. The van der Waals surface area contributed by atoms with Crippen molar-refractivity contribution in [3.63, 3.8) is 0 Å². The van der Waals surface area contributed by atoms with E-state index in [1.807, 2.05) is 6.07 Å². The third kappa shape index (κ3) is 3.78. The maximum atomic E-state index is 12.4. The zero-order valence-electron chi connectivity index (χ0n) is 11.6. The first-order chi connectivity index (χ1) is 10.1. The number of β-lactam (4-membered cyclic amide) rings is 1. The van der Waals surface area contributed by atoms with Crippen LogP contribution in [0.1, 0.15) is 12.8 Å². The molecule has 1 aromatic carbocycles. The van der Waals surface area contributed by atoms with Gasteiger partial charge in [0.25, 0.3) is 0 Å². The molecular weight excluding hydrogens is 290 g/mol. The smallest absolute Gasteiger partial charge is 0.325 e. The Morgan fingerprint density at radius 1 is 1.43 bits per heavy atom. The molecule has 2 atom stereocenters. The summed E-state index contributed by atoms with van der Waals surface area (Å²) >= 11 is 0. The molecule has 0 aromatic heterocycles. The Balaban J connectivity index is 1.93. The number of benzene rings is 1. The minimum absolute atomic E-state index is 0.154. The third-order valence-electron chi connectivity index (χ3n) is 3.12. The zero-order valence-corrected chi connectivity index (χ0v) is 12.4. The van der Waals surface area contributed by atoms with Crippen LogP contribution in [-0.2, 0) is 25.1 Å². The standard InChI is InChI=1S/C15H17NO4S/c1-2-3-9-20-15(18)11-16-13(17)10-14(16)21(19)12-7-5-4-6-8-12/h2,4-8,14H,1,3,9-11H2. The number of esters is 1. The molecule has 0 bridgehead atoms. The first-order valence-corrected chi connectivity index (χ1v) is 7.86. The van der Waals surface area contributed by atoms with Crippen LogP contribution in [-0.4, -0.2) is 39.5 Å². The van der Waals surface area contributed by atoms with Gasteiger partial charge in [-0.15, -0.1) is 6.58 Å². The molecule has 1 aromatic rings.